The third-order valence-corrected chi connectivity index (χ3v) is 4.42. The smallest absolute Gasteiger partial charge is 0.326 e. The topological polar surface area (TPSA) is 234 Å². The molecule has 10 N–H and O–H groups in total. The Hall–Kier alpha value is -2.77. The second-order valence-corrected chi connectivity index (χ2v) is 7.17. The minimum atomic E-state index is -1.34. The summed E-state index contributed by atoms with van der Waals surface area (Å²) in [5, 5.41) is 34.4. The molecule has 0 aromatic heterocycles. The molecule has 0 aliphatic carbocycles. The zero-order valence-electron chi connectivity index (χ0n) is 17.7. The second-order valence-electron chi connectivity index (χ2n) is 7.17. The first-order chi connectivity index (χ1) is 14.4. The highest BCUT2D eigenvalue weighted by Crippen LogP contribution is 2.05. The number of hydrogen-bond donors (Lipinski definition) is 8. The molecule has 0 fully saturated rings. The van der Waals surface area contributed by atoms with Crippen LogP contribution in [0.15, 0.2) is 0 Å². The highest BCUT2D eigenvalue weighted by atomic mass is 16.4. The van der Waals surface area contributed by atoms with Crippen molar-refractivity contribution in [3.05, 3.63) is 0 Å². The molecule has 0 rings (SSSR count). The Bertz CT molecular complexity index is 642. The Morgan fingerprint density at radius 3 is 1.90 bits per heavy atom. The molecule has 0 bridgehead atoms. The number of nitrogens with one attached hydrogen (secondary N) is 3. The van der Waals surface area contributed by atoms with Gasteiger partial charge in [0.2, 0.25) is 17.7 Å². The van der Waals surface area contributed by atoms with Crippen molar-refractivity contribution in [1.82, 2.24) is 16.0 Å². The van der Waals surface area contributed by atoms with Crippen molar-refractivity contribution in [2.45, 2.75) is 76.2 Å². The fraction of sp³-hybridized carbons (Fsp3) is 0.722. The van der Waals surface area contributed by atoms with Crippen LogP contribution in [0, 0.1) is 0 Å². The second kappa shape index (κ2) is 14.3. The van der Waals surface area contributed by atoms with E-state index in [-0.39, 0.29) is 12.8 Å². The SMILES string of the molecule is CC(NC(=O)C(N)C(C)O)C(=O)NC(CCC(=O)O)C(=O)NC(CCCCN)C(=O)O. The molecule has 0 saturated carbocycles. The van der Waals surface area contributed by atoms with Crippen LogP contribution in [0.1, 0.15) is 46.0 Å². The van der Waals surface area contributed by atoms with E-state index in [1.807, 2.05) is 0 Å². The number of amides is 3. The normalized spacial score (nSPS) is 15.6. The zero-order chi connectivity index (χ0) is 24.1. The predicted molar refractivity (Wildman–Crippen MR) is 109 cm³/mol. The van der Waals surface area contributed by atoms with Gasteiger partial charge in [0.25, 0.3) is 0 Å². The fourth-order valence-corrected chi connectivity index (χ4v) is 2.45. The molecule has 0 spiro atoms. The van der Waals surface area contributed by atoms with Crippen LogP contribution >= 0.6 is 0 Å². The van der Waals surface area contributed by atoms with E-state index >= 15 is 0 Å². The first-order valence-corrected chi connectivity index (χ1v) is 9.90. The van der Waals surface area contributed by atoms with E-state index in [0.29, 0.717) is 19.4 Å². The molecule has 0 heterocycles. The minimum absolute atomic E-state index is 0.113. The summed E-state index contributed by atoms with van der Waals surface area (Å²) in [6.45, 7) is 2.97. The summed E-state index contributed by atoms with van der Waals surface area (Å²) in [6.07, 6.45) is -0.789. The van der Waals surface area contributed by atoms with Crippen molar-refractivity contribution in [3.8, 4) is 0 Å². The summed E-state index contributed by atoms with van der Waals surface area (Å²) >= 11 is 0. The predicted octanol–water partition coefficient (Wildman–Crippen LogP) is -2.75. The van der Waals surface area contributed by atoms with Crippen LogP contribution < -0.4 is 27.4 Å². The van der Waals surface area contributed by atoms with Crippen LogP contribution in [-0.4, -0.2) is 81.8 Å². The van der Waals surface area contributed by atoms with Crippen LogP contribution in [0.5, 0.6) is 0 Å². The molecule has 13 heteroatoms. The van der Waals surface area contributed by atoms with Gasteiger partial charge in [0.15, 0.2) is 0 Å². The standard InChI is InChI=1S/C18H33N5O8/c1-9(21-17(29)14(20)10(2)24)15(27)22-11(6-7-13(25)26)16(28)23-12(18(30)31)5-3-4-8-19/h9-12,14,24H,3-8,19-20H2,1-2H3,(H,21,29)(H,22,27)(H,23,28)(H,25,26)(H,30,31). The van der Waals surface area contributed by atoms with Gasteiger partial charge >= 0.3 is 11.9 Å². The largest absolute Gasteiger partial charge is 0.481 e. The number of carboxylic acid groups (broad SMARTS) is 2. The van der Waals surface area contributed by atoms with Crippen LogP contribution in [0.2, 0.25) is 0 Å². The Balaban J connectivity index is 5.16. The summed E-state index contributed by atoms with van der Waals surface area (Å²) in [7, 11) is 0. The van der Waals surface area contributed by atoms with E-state index < -0.39 is 66.4 Å². The van der Waals surface area contributed by atoms with Crippen LogP contribution in [0.3, 0.4) is 0 Å². The molecular formula is C18H33N5O8. The van der Waals surface area contributed by atoms with Gasteiger partial charge in [0.1, 0.15) is 24.2 Å². The minimum Gasteiger partial charge on any atom is -0.481 e. The molecule has 5 unspecified atom stereocenters. The van der Waals surface area contributed by atoms with Gasteiger partial charge in [-0.3, -0.25) is 19.2 Å². The first-order valence-electron chi connectivity index (χ1n) is 9.90. The Morgan fingerprint density at radius 2 is 1.42 bits per heavy atom. The van der Waals surface area contributed by atoms with Gasteiger partial charge in [-0.25, -0.2) is 4.79 Å². The lowest BCUT2D eigenvalue weighted by Crippen LogP contribution is -2.57. The summed E-state index contributed by atoms with van der Waals surface area (Å²) in [6, 6.07) is -5.00. The van der Waals surface area contributed by atoms with E-state index in [9.17, 15) is 34.2 Å². The van der Waals surface area contributed by atoms with Gasteiger partial charge in [0, 0.05) is 6.42 Å². The number of hydrogen-bond acceptors (Lipinski definition) is 8. The molecule has 0 saturated heterocycles. The molecule has 3 amide bonds. The molecule has 0 aromatic rings. The molecule has 31 heavy (non-hydrogen) atoms. The quantitative estimate of drug-likeness (QED) is 0.120. The number of aliphatic carboxylic acids is 2. The van der Waals surface area contributed by atoms with Gasteiger partial charge in [-0.2, -0.15) is 0 Å². The van der Waals surface area contributed by atoms with E-state index in [2.05, 4.69) is 16.0 Å². The number of carbonyl (C=O) groups is 5. The summed E-state index contributed by atoms with van der Waals surface area (Å²) in [5.41, 5.74) is 10.9. The highest BCUT2D eigenvalue weighted by Gasteiger charge is 2.29. The van der Waals surface area contributed by atoms with E-state index in [1.54, 1.807) is 0 Å². The van der Waals surface area contributed by atoms with Crippen molar-refractivity contribution >= 4 is 29.7 Å². The number of carbonyl (C=O) groups excluding carboxylic acids is 3. The summed E-state index contributed by atoms with van der Waals surface area (Å²) in [4.78, 5) is 59.1. The molecular weight excluding hydrogens is 414 g/mol. The molecule has 0 aliphatic heterocycles. The number of nitrogens with two attached hydrogens (primary N) is 2. The van der Waals surface area contributed by atoms with E-state index in [1.165, 1.54) is 13.8 Å². The molecule has 0 radical (unpaired) electrons. The third kappa shape index (κ3) is 11.3. The van der Waals surface area contributed by atoms with E-state index in [0.717, 1.165) is 0 Å². The maximum absolute atomic E-state index is 12.5. The van der Waals surface area contributed by atoms with Gasteiger partial charge in [-0.15, -0.1) is 0 Å². The van der Waals surface area contributed by atoms with Crippen molar-refractivity contribution < 1.29 is 39.3 Å². The fourth-order valence-electron chi connectivity index (χ4n) is 2.45. The number of aliphatic hydroxyl groups excluding tert-OH is 1. The van der Waals surface area contributed by atoms with Crippen molar-refractivity contribution in [2.75, 3.05) is 6.54 Å². The third-order valence-electron chi connectivity index (χ3n) is 4.42. The average molecular weight is 447 g/mol. The summed E-state index contributed by atoms with van der Waals surface area (Å²) < 4.78 is 0. The van der Waals surface area contributed by atoms with Crippen molar-refractivity contribution in [1.29, 1.82) is 0 Å². The molecule has 5 atom stereocenters. The van der Waals surface area contributed by atoms with Gasteiger partial charge in [-0.05, 0) is 46.1 Å². The van der Waals surface area contributed by atoms with Gasteiger partial charge in [0.05, 0.1) is 6.10 Å². The lowest BCUT2D eigenvalue weighted by molar-refractivity contribution is -0.143. The monoisotopic (exact) mass is 447 g/mol. The molecule has 13 nitrogen and oxygen atoms in total. The maximum Gasteiger partial charge on any atom is 0.326 e. The highest BCUT2D eigenvalue weighted by molar-refractivity contribution is 5.94. The first kappa shape index (κ1) is 28.2. The Kier molecular flexibility index (Phi) is 13.0. The summed E-state index contributed by atoms with van der Waals surface area (Å²) in [5.74, 6) is -4.97. The maximum atomic E-state index is 12.5. The van der Waals surface area contributed by atoms with Gasteiger partial charge in [-0.1, -0.05) is 0 Å². The number of carboxylic acids is 2. The Morgan fingerprint density at radius 1 is 0.839 bits per heavy atom. The molecule has 0 aliphatic rings. The number of unbranched alkanes of at least 4 members (excludes halogenated alkanes) is 1. The number of rotatable bonds is 15. The van der Waals surface area contributed by atoms with Crippen LogP contribution in [-0.2, 0) is 24.0 Å². The number of aliphatic hydroxyl groups is 1. The average Bonchev–Trinajstić information content (AvgIpc) is 2.68. The lowest BCUT2D eigenvalue weighted by atomic mass is 10.1. The van der Waals surface area contributed by atoms with Crippen molar-refractivity contribution in [2.24, 2.45) is 11.5 Å². The Labute approximate surface area is 179 Å². The van der Waals surface area contributed by atoms with Gasteiger partial charge < -0.3 is 42.7 Å². The lowest BCUT2D eigenvalue weighted by Gasteiger charge is -2.24. The molecule has 178 valence electrons. The van der Waals surface area contributed by atoms with Crippen molar-refractivity contribution in [3.63, 3.8) is 0 Å². The molecule has 0 aromatic carbocycles. The zero-order valence-corrected chi connectivity index (χ0v) is 17.7. The van der Waals surface area contributed by atoms with Crippen LogP contribution in [0.4, 0.5) is 0 Å². The van der Waals surface area contributed by atoms with Crippen LogP contribution in [0.25, 0.3) is 0 Å². The van der Waals surface area contributed by atoms with E-state index in [4.69, 9.17) is 16.6 Å².